The molecule has 3 nitrogen and oxygen atoms in total. The monoisotopic (exact) mass is 324 g/mol. The molecule has 104 valence electrons. The lowest BCUT2D eigenvalue weighted by Gasteiger charge is -2.44. The Bertz CT molecular complexity index is 465. The van der Waals surface area contributed by atoms with Crippen molar-refractivity contribution in [3.8, 4) is 5.75 Å². The van der Waals surface area contributed by atoms with Crippen molar-refractivity contribution in [3.05, 3.63) is 22.7 Å². The number of fused-ring (bicyclic) bond motifs is 1. The number of hydrogen-bond acceptors (Lipinski definition) is 3. The summed E-state index contributed by atoms with van der Waals surface area (Å²) in [7, 11) is 1.75. The summed E-state index contributed by atoms with van der Waals surface area (Å²) >= 11 is 3.58. The topological polar surface area (TPSA) is 15.7 Å². The summed E-state index contributed by atoms with van der Waals surface area (Å²) in [6, 6.07) is 7.53. The summed E-state index contributed by atoms with van der Waals surface area (Å²) in [5, 5.41) is 0. The molecule has 0 amide bonds. The Morgan fingerprint density at radius 2 is 2.16 bits per heavy atom. The average molecular weight is 325 g/mol. The van der Waals surface area contributed by atoms with E-state index in [2.05, 4.69) is 38.7 Å². The van der Waals surface area contributed by atoms with Crippen molar-refractivity contribution in [2.75, 3.05) is 31.6 Å². The lowest BCUT2D eigenvalue weighted by Crippen LogP contribution is -2.55. The van der Waals surface area contributed by atoms with Crippen molar-refractivity contribution in [1.29, 1.82) is 0 Å². The second-order valence-corrected chi connectivity index (χ2v) is 6.52. The molecular weight excluding hydrogens is 304 g/mol. The minimum atomic E-state index is 0.539. The number of piperazine rings is 1. The van der Waals surface area contributed by atoms with Crippen molar-refractivity contribution in [3.63, 3.8) is 0 Å². The molecule has 2 fully saturated rings. The summed E-state index contributed by atoms with van der Waals surface area (Å²) in [6.45, 7) is 5.88. The highest BCUT2D eigenvalue weighted by atomic mass is 79.9. The maximum absolute atomic E-state index is 5.54. The Morgan fingerprint density at radius 1 is 1.32 bits per heavy atom. The molecule has 2 unspecified atom stereocenters. The molecule has 1 aromatic carbocycles. The SMILES string of the molecule is COc1ccc(Br)cc1N1CC2CCCN2CC1C. The van der Waals surface area contributed by atoms with Crippen LogP contribution in [0.15, 0.2) is 22.7 Å². The standard InChI is InChI=1S/C15H21BrN2O/c1-11-9-17-7-3-4-13(17)10-18(11)14-8-12(16)5-6-15(14)19-2/h5-6,8,11,13H,3-4,7,9-10H2,1-2H3. The van der Waals surface area contributed by atoms with Gasteiger partial charge in [-0.25, -0.2) is 0 Å². The van der Waals surface area contributed by atoms with Crippen LogP contribution in [-0.4, -0.2) is 43.7 Å². The number of anilines is 1. The first-order valence-electron chi connectivity index (χ1n) is 7.03. The van der Waals surface area contributed by atoms with Gasteiger partial charge in [-0.15, -0.1) is 0 Å². The lowest BCUT2D eigenvalue weighted by atomic mass is 10.1. The Labute approximate surface area is 123 Å². The molecule has 2 aliphatic rings. The number of halogens is 1. The third-order valence-electron chi connectivity index (χ3n) is 4.39. The number of hydrogen-bond donors (Lipinski definition) is 0. The summed E-state index contributed by atoms with van der Waals surface area (Å²) in [5.74, 6) is 0.974. The molecule has 1 aromatic rings. The van der Waals surface area contributed by atoms with Crippen molar-refractivity contribution < 1.29 is 4.74 Å². The molecule has 0 aromatic heterocycles. The van der Waals surface area contributed by atoms with Crippen LogP contribution in [0.2, 0.25) is 0 Å². The molecule has 2 saturated heterocycles. The summed E-state index contributed by atoms with van der Waals surface area (Å²) in [6.07, 6.45) is 2.68. The molecule has 2 atom stereocenters. The zero-order valence-electron chi connectivity index (χ0n) is 11.6. The molecule has 3 rings (SSSR count). The quantitative estimate of drug-likeness (QED) is 0.831. The second-order valence-electron chi connectivity index (χ2n) is 5.61. The van der Waals surface area contributed by atoms with E-state index in [0.29, 0.717) is 6.04 Å². The molecule has 2 heterocycles. The minimum Gasteiger partial charge on any atom is -0.495 e. The zero-order chi connectivity index (χ0) is 13.4. The number of ether oxygens (including phenoxy) is 1. The van der Waals surface area contributed by atoms with Crippen molar-refractivity contribution in [1.82, 2.24) is 4.90 Å². The van der Waals surface area contributed by atoms with E-state index in [1.807, 2.05) is 12.1 Å². The lowest BCUT2D eigenvalue weighted by molar-refractivity contribution is 0.202. The van der Waals surface area contributed by atoms with Crippen LogP contribution in [0.4, 0.5) is 5.69 Å². The van der Waals surface area contributed by atoms with E-state index in [1.165, 1.54) is 31.6 Å². The molecule has 4 heteroatoms. The molecular formula is C15H21BrN2O. The molecule has 0 spiro atoms. The van der Waals surface area contributed by atoms with E-state index < -0.39 is 0 Å². The second kappa shape index (κ2) is 5.33. The molecule has 0 N–H and O–H groups in total. The van der Waals surface area contributed by atoms with Crippen LogP contribution in [0.5, 0.6) is 5.75 Å². The van der Waals surface area contributed by atoms with Gasteiger partial charge < -0.3 is 9.64 Å². The van der Waals surface area contributed by atoms with Gasteiger partial charge in [-0.2, -0.15) is 0 Å². The number of benzene rings is 1. The van der Waals surface area contributed by atoms with Gasteiger partial charge in [0, 0.05) is 29.6 Å². The summed E-state index contributed by atoms with van der Waals surface area (Å²) in [4.78, 5) is 5.15. The zero-order valence-corrected chi connectivity index (χ0v) is 13.2. The van der Waals surface area contributed by atoms with E-state index in [9.17, 15) is 0 Å². The van der Waals surface area contributed by atoms with Crippen molar-refractivity contribution in [2.45, 2.75) is 31.8 Å². The van der Waals surface area contributed by atoms with Crippen molar-refractivity contribution >= 4 is 21.6 Å². The maximum Gasteiger partial charge on any atom is 0.142 e. The van der Waals surface area contributed by atoms with Crippen LogP contribution in [0.3, 0.4) is 0 Å². The largest absolute Gasteiger partial charge is 0.495 e. The van der Waals surface area contributed by atoms with Gasteiger partial charge in [0.25, 0.3) is 0 Å². The molecule has 0 aliphatic carbocycles. The van der Waals surface area contributed by atoms with Gasteiger partial charge in [0.1, 0.15) is 5.75 Å². The number of methoxy groups -OCH3 is 1. The Balaban J connectivity index is 1.90. The number of rotatable bonds is 2. The van der Waals surface area contributed by atoms with Gasteiger partial charge in [-0.3, -0.25) is 4.90 Å². The normalized spacial score (nSPS) is 27.4. The highest BCUT2D eigenvalue weighted by molar-refractivity contribution is 9.10. The minimum absolute atomic E-state index is 0.539. The fourth-order valence-corrected chi connectivity index (χ4v) is 3.76. The first-order chi connectivity index (χ1) is 9.19. The highest BCUT2D eigenvalue weighted by Crippen LogP contribution is 2.36. The first kappa shape index (κ1) is 13.3. The van der Waals surface area contributed by atoms with Gasteiger partial charge in [0.15, 0.2) is 0 Å². The molecule has 0 bridgehead atoms. The van der Waals surface area contributed by atoms with Gasteiger partial charge in [-0.1, -0.05) is 15.9 Å². The predicted octanol–water partition coefficient (Wildman–Crippen LogP) is 3.13. The van der Waals surface area contributed by atoms with Gasteiger partial charge in [0.2, 0.25) is 0 Å². The summed E-state index contributed by atoms with van der Waals surface area (Å²) in [5.41, 5.74) is 1.22. The van der Waals surface area contributed by atoms with E-state index >= 15 is 0 Å². The van der Waals surface area contributed by atoms with E-state index in [4.69, 9.17) is 4.74 Å². The van der Waals surface area contributed by atoms with E-state index in [1.54, 1.807) is 7.11 Å². The van der Waals surface area contributed by atoms with Gasteiger partial charge in [-0.05, 0) is 44.5 Å². The first-order valence-corrected chi connectivity index (χ1v) is 7.82. The fraction of sp³-hybridized carbons (Fsp3) is 0.600. The molecule has 0 radical (unpaired) electrons. The molecule has 0 saturated carbocycles. The summed E-state index contributed by atoms with van der Waals surface area (Å²) < 4.78 is 6.65. The van der Waals surface area contributed by atoms with Crippen LogP contribution in [-0.2, 0) is 0 Å². The fourth-order valence-electron chi connectivity index (χ4n) is 3.41. The Kier molecular flexibility index (Phi) is 3.72. The molecule has 19 heavy (non-hydrogen) atoms. The van der Waals surface area contributed by atoms with Gasteiger partial charge >= 0.3 is 0 Å². The number of nitrogens with zero attached hydrogens (tertiary/aromatic N) is 2. The maximum atomic E-state index is 5.54. The predicted molar refractivity (Wildman–Crippen MR) is 82.1 cm³/mol. The van der Waals surface area contributed by atoms with Crippen LogP contribution in [0.1, 0.15) is 19.8 Å². The Morgan fingerprint density at radius 3 is 2.95 bits per heavy atom. The average Bonchev–Trinajstić information content (AvgIpc) is 2.84. The van der Waals surface area contributed by atoms with E-state index in [0.717, 1.165) is 22.8 Å². The third kappa shape index (κ3) is 2.48. The van der Waals surface area contributed by atoms with Crippen LogP contribution >= 0.6 is 15.9 Å². The van der Waals surface area contributed by atoms with Crippen LogP contribution in [0, 0.1) is 0 Å². The molecule has 2 aliphatic heterocycles. The Hall–Kier alpha value is -0.740. The van der Waals surface area contributed by atoms with Gasteiger partial charge in [0.05, 0.1) is 12.8 Å². The smallest absolute Gasteiger partial charge is 0.142 e. The highest BCUT2D eigenvalue weighted by Gasteiger charge is 2.35. The van der Waals surface area contributed by atoms with Crippen LogP contribution < -0.4 is 9.64 Å². The van der Waals surface area contributed by atoms with E-state index in [-0.39, 0.29) is 0 Å². The van der Waals surface area contributed by atoms with Crippen molar-refractivity contribution in [2.24, 2.45) is 0 Å². The van der Waals surface area contributed by atoms with Crippen LogP contribution in [0.25, 0.3) is 0 Å². The third-order valence-corrected chi connectivity index (χ3v) is 4.88.